The van der Waals surface area contributed by atoms with Crippen molar-refractivity contribution in [2.24, 2.45) is 0 Å². The number of hydrogen-bond donors (Lipinski definition) is 2. The first-order valence-corrected chi connectivity index (χ1v) is 8.62. The van der Waals surface area contributed by atoms with Crippen LogP contribution in [0.3, 0.4) is 0 Å². The van der Waals surface area contributed by atoms with Gasteiger partial charge in [0.1, 0.15) is 0 Å². The second-order valence-corrected chi connectivity index (χ2v) is 6.09. The molecule has 0 amide bonds. The quantitative estimate of drug-likeness (QED) is 0.455. The van der Waals surface area contributed by atoms with Gasteiger partial charge in [0.25, 0.3) is 0 Å². The minimum absolute atomic E-state index is 0.373. The summed E-state index contributed by atoms with van der Waals surface area (Å²) in [7, 11) is 3.20. The van der Waals surface area contributed by atoms with Crippen LogP contribution in [-0.2, 0) is 15.9 Å². The van der Waals surface area contributed by atoms with Gasteiger partial charge in [0, 0.05) is 26.2 Å². The second kappa shape index (κ2) is 11.6. The molecule has 4 nitrogen and oxygen atoms in total. The highest BCUT2D eigenvalue weighted by Gasteiger charge is 2.17. The highest BCUT2D eigenvalue weighted by molar-refractivity contribution is 5.24. The smallest absolute Gasteiger partial charge is 0.183 e. The average molecular weight is 324 g/mol. The van der Waals surface area contributed by atoms with Gasteiger partial charge in [-0.15, -0.1) is 0 Å². The van der Waals surface area contributed by atoms with Crippen molar-refractivity contribution in [1.29, 1.82) is 0 Å². The van der Waals surface area contributed by atoms with Crippen LogP contribution in [-0.4, -0.2) is 36.6 Å². The Bertz CT molecular complexity index is 400. The third-order valence-corrected chi connectivity index (χ3v) is 4.17. The van der Waals surface area contributed by atoms with Crippen molar-refractivity contribution in [2.75, 3.05) is 14.2 Å². The lowest BCUT2D eigenvalue weighted by molar-refractivity contribution is -0.106. The van der Waals surface area contributed by atoms with Crippen molar-refractivity contribution in [3.63, 3.8) is 0 Å². The first-order valence-electron chi connectivity index (χ1n) is 8.62. The molecule has 23 heavy (non-hydrogen) atoms. The summed E-state index contributed by atoms with van der Waals surface area (Å²) >= 11 is 0. The third-order valence-electron chi connectivity index (χ3n) is 4.17. The van der Waals surface area contributed by atoms with E-state index in [0.717, 1.165) is 24.0 Å². The molecule has 0 fully saturated rings. The summed E-state index contributed by atoms with van der Waals surface area (Å²) in [5, 5.41) is 20.2. The van der Waals surface area contributed by atoms with Gasteiger partial charge in [0.2, 0.25) is 0 Å². The van der Waals surface area contributed by atoms with Gasteiger partial charge in [-0.1, -0.05) is 63.3 Å². The molecule has 132 valence electrons. The molecular formula is C19H32O4. The van der Waals surface area contributed by atoms with E-state index in [2.05, 4.69) is 6.92 Å². The van der Waals surface area contributed by atoms with Crippen molar-refractivity contribution in [1.82, 2.24) is 0 Å². The zero-order valence-corrected chi connectivity index (χ0v) is 14.7. The fourth-order valence-electron chi connectivity index (χ4n) is 2.71. The van der Waals surface area contributed by atoms with Crippen LogP contribution in [0.25, 0.3) is 0 Å². The molecule has 0 radical (unpaired) electrons. The van der Waals surface area contributed by atoms with Crippen molar-refractivity contribution in [3.05, 3.63) is 35.4 Å². The van der Waals surface area contributed by atoms with E-state index in [1.165, 1.54) is 19.3 Å². The molecule has 2 atom stereocenters. The van der Waals surface area contributed by atoms with E-state index in [1.54, 1.807) is 14.2 Å². The van der Waals surface area contributed by atoms with Gasteiger partial charge < -0.3 is 19.7 Å². The monoisotopic (exact) mass is 324 g/mol. The minimum atomic E-state index is -0.715. The van der Waals surface area contributed by atoms with Gasteiger partial charge in [0.05, 0.1) is 12.2 Å². The van der Waals surface area contributed by atoms with Gasteiger partial charge in [-0.3, -0.25) is 0 Å². The average Bonchev–Trinajstić information content (AvgIpc) is 2.57. The Hall–Kier alpha value is -0.940. The van der Waals surface area contributed by atoms with Crippen LogP contribution in [0.5, 0.6) is 0 Å². The summed E-state index contributed by atoms with van der Waals surface area (Å²) in [6.45, 7) is 2.19. The Morgan fingerprint density at radius 2 is 1.48 bits per heavy atom. The van der Waals surface area contributed by atoms with Gasteiger partial charge in [-0.25, -0.2) is 0 Å². The molecule has 1 aromatic rings. The lowest BCUT2D eigenvalue weighted by atomic mass is 9.98. The van der Waals surface area contributed by atoms with E-state index in [4.69, 9.17) is 9.47 Å². The maximum absolute atomic E-state index is 10.1. The van der Waals surface area contributed by atoms with Gasteiger partial charge in [-0.05, 0) is 12.0 Å². The molecule has 0 aliphatic carbocycles. The second-order valence-electron chi connectivity index (χ2n) is 6.09. The number of hydrogen-bond acceptors (Lipinski definition) is 4. The molecule has 1 rings (SSSR count). The molecular weight excluding hydrogens is 292 g/mol. The Balaban J connectivity index is 2.39. The molecule has 0 bridgehead atoms. The maximum atomic E-state index is 10.1. The number of aliphatic hydroxyl groups is 2. The van der Waals surface area contributed by atoms with Crippen molar-refractivity contribution >= 4 is 0 Å². The van der Waals surface area contributed by atoms with Crippen molar-refractivity contribution in [2.45, 2.75) is 70.4 Å². The molecule has 2 N–H and O–H groups in total. The largest absolute Gasteiger partial charge is 0.390 e. The zero-order valence-electron chi connectivity index (χ0n) is 14.7. The fourth-order valence-corrected chi connectivity index (χ4v) is 2.71. The zero-order chi connectivity index (χ0) is 17.1. The highest BCUT2D eigenvalue weighted by atomic mass is 16.7. The van der Waals surface area contributed by atoms with Crippen LogP contribution in [0.2, 0.25) is 0 Å². The van der Waals surface area contributed by atoms with E-state index < -0.39 is 12.2 Å². The van der Waals surface area contributed by atoms with Crippen molar-refractivity contribution < 1.29 is 19.7 Å². The first-order chi connectivity index (χ1) is 11.1. The number of rotatable bonds is 12. The predicted octanol–water partition coefficient (Wildman–Crippen LogP) is 3.60. The van der Waals surface area contributed by atoms with Gasteiger partial charge >= 0.3 is 0 Å². The lowest BCUT2D eigenvalue weighted by Crippen LogP contribution is -2.27. The molecule has 0 aliphatic rings. The molecule has 0 saturated carbocycles. The third kappa shape index (κ3) is 7.44. The Morgan fingerprint density at radius 1 is 0.870 bits per heavy atom. The van der Waals surface area contributed by atoms with Crippen LogP contribution >= 0.6 is 0 Å². The van der Waals surface area contributed by atoms with Crippen LogP contribution in [0.15, 0.2) is 24.3 Å². The van der Waals surface area contributed by atoms with E-state index in [-0.39, 0.29) is 6.29 Å². The predicted molar refractivity (Wildman–Crippen MR) is 92.3 cm³/mol. The number of benzene rings is 1. The van der Waals surface area contributed by atoms with E-state index >= 15 is 0 Å². The topological polar surface area (TPSA) is 58.9 Å². The van der Waals surface area contributed by atoms with Crippen molar-refractivity contribution in [3.8, 4) is 0 Å². The standard InChI is InChI=1S/C19H32O4/c1-4-5-6-7-8-9-17(20)18(21)14-15-10-12-16(13-11-15)19(22-2)23-3/h10-13,17-21H,4-9,14H2,1-3H3/t17?,18-/m1/s1. The Kier molecular flexibility index (Phi) is 10.1. The van der Waals surface area contributed by atoms with E-state index in [1.807, 2.05) is 24.3 Å². The summed E-state index contributed by atoms with van der Waals surface area (Å²) in [6.07, 6.45) is 5.16. The fraction of sp³-hybridized carbons (Fsp3) is 0.684. The lowest BCUT2D eigenvalue weighted by Gasteiger charge is -2.18. The van der Waals surface area contributed by atoms with Crippen LogP contribution in [0, 0.1) is 0 Å². The van der Waals surface area contributed by atoms with Crippen LogP contribution < -0.4 is 0 Å². The normalized spacial score (nSPS) is 14.2. The number of ether oxygens (including phenoxy) is 2. The maximum Gasteiger partial charge on any atom is 0.183 e. The molecule has 0 aromatic heterocycles. The van der Waals surface area contributed by atoms with E-state index in [9.17, 15) is 10.2 Å². The molecule has 0 heterocycles. The van der Waals surface area contributed by atoms with Gasteiger partial charge in [0.15, 0.2) is 6.29 Å². The number of unbranched alkanes of at least 4 members (excludes halogenated alkanes) is 4. The SMILES string of the molecule is CCCCCCCC(O)[C@H](O)Cc1ccc(C(OC)OC)cc1. The van der Waals surface area contributed by atoms with Crippen LogP contribution in [0.4, 0.5) is 0 Å². The molecule has 1 aromatic carbocycles. The summed E-state index contributed by atoms with van der Waals surface area (Å²) in [5.74, 6) is 0. The molecule has 1 unspecified atom stereocenters. The van der Waals surface area contributed by atoms with Crippen LogP contribution in [0.1, 0.15) is 62.9 Å². The minimum Gasteiger partial charge on any atom is -0.390 e. The summed E-state index contributed by atoms with van der Waals surface area (Å²) in [4.78, 5) is 0. The molecule has 0 spiro atoms. The van der Waals surface area contributed by atoms with E-state index in [0.29, 0.717) is 12.8 Å². The first kappa shape index (κ1) is 20.1. The summed E-state index contributed by atoms with van der Waals surface area (Å²) in [5.41, 5.74) is 1.93. The summed E-state index contributed by atoms with van der Waals surface area (Å²) in [6, 6.07) is 7.74. The number of methoxy groups -OCH3 is 2. The Morgan fingerprint density at radius 3 is 2.04 bits per heavy atom. The summed E-state index contributed by atoms with van der Waals surface area (Å²) < 4.78 is 10.4. The highest BCUT2D eigenvalue weighted by Crippen LogP contribution is 2.19. The molecule has 4 heteroatoms. The number of aliphatic hydroxyl groups excluding tert-OH is 2. The molecule has 0 saturated heterocycles. The molecule has 0 aliphatic heterocycles. The van der Waals surface area contributed by atoms with Gasteiger partial charge in [-0.2, -0.15) is 0 Å². The Labute approximate surface area is 140 Å².